The molecule has 0 amide bonds. The van der Waals surface area contributed by atoms with Crippen LogP contribution in [0.15, 0.2) is 59.5 Å². The molecule has 0 aromatic heterocycles. The van der Waals surface area contributed by atoms with Crippen molar-refractivity contribution in [3.05, 3.63) is 54.6 Å². The molecule has 0 saturated carbocycles. The van der Waals surface area contributed by atoms with Gasteiger partial charge in [0.2, 0.25) is 0 Å². The standard InChI is InChI=1S/C15H14O5S/c16-21(17,13-6-2-1-3-7-13)19-11-12-10-18-14-8-4-5-9-15(14)20-12/h1-9,12H,10-11H2/t12-/m0/s1. The maximum atomic E-state index is 12.0. The molecule has 110 valence electrons. The summed E-state index contributed by atoms with van der Waals surface area (Å²) in [7, 11) is -3.77. The number of benzene rings is 2. The Balaban J connectivity index is 1.64. The van der Waals surface area contributed by atoms with Gasteiger partial charge in [-0.1, -0.05) is 30.3 Å². The smallest absolute Gasteiger partial charge is 0.297 e. The highest BCUT2D eigenvalue weighted by Crippen LogP contribution is 2.31. The van der Waals surface area contributed by atoms with E-state index in [1.807, 2.05) is 12.1 Å². The normalized spacial score (nSPS) is 17.4. The van der Waals surface area contributed by atoms with Gasteiger partial charge in [0, 0.05) is 0 Å². The highest BCUT2D eigenvalue weighted by molar-refractivity contribution is 7.86. The van der Waals surface area contributed by atoms with Crippen LogP contribution < -0.4 is 9.47 Å². The molecule has 2 aromatic rings. The van der Waals surface area contributed by atoms with Crippen molar-refractivity contribution >= 4 is 10.1 Å². The fourth-order valence-electron chi connectivity index (χ4n) is 1.97. The fourth-order valence-corrected chi connectivity index (χ4v) is 2.92. The van der Waals surface area contributed by atoms with Crippen LogP contribution in [0.25, 0.3) is 0 Å². The molecule has 2 aromatic carbocycles. The van der Waals surface area contributed by atoms with Crippen molar-refractivity contribution in [1.82, 2.24) is 0 Å². The Hall–Kier alpha value is -2.05. The maximum Gasteiger partial charge on any atom is 0.297 e. The van der Waals surface area contributed by atoms with Crippen molar-refractivity contribution in [1.29, 1.82) is 0 Å². The summed E-state index contributed by atoms with van der Waals surface area (Å²) >= 11 is 0. The highest BCUT2D eigenvalue weighted by atomic mass is 32.2. The second kappa shape index (κ2) is 5.75. The molecule has 1 heterocycles. The Bertz CT molecular complexity index is 712. The fraction of sp³-hybridized carbons (Fsp3) is 0.200. The van der Waals surface area contributed by atoms with E-state index in [-0.39, 0.29) is 18.1 Å². The summed E-state index contributed by atoms with van der Waals surface area (Å²) in [4.78, 5) is 0.127. The van der Waals surface area contributed by atoms with Crippen LogP contribution >= 0.6 is 0 Å². The van der Waals surface area contributed by atoms with Crippen molar-refractivity contribution in [2.45, 2.75) is 11.0 Å². The van der Waals surface area contributed by atoms with Crippen LogP contribution in [-0.2, 0) is 14.3 Å². The molecule has 0 N–H and O–H groups in total. The van der Waals surface area contributed by atoms with Gasteiger partial charge in [-0.15, -0.1) is 0 Å². The molecule has 1 atom stereocenters. The predicted octanol–water partition coefficient (Wildman–Crippen LogP) is 2.23. The number of fused-ring (bicyclic) bond motifs is 1. The van der Waals surface area contributed by atoms with E-state index in [4.69, 9.17) is 13.7 Å². The molecule has 6 heteroatoms. The number of para-hydroxylation sites is 2. The Morgan fingerprint density at radius 3 is 2.43 bits per heavy atom. The average molecular weight is 306 g/mol. The SMILES string of the molecule is O=S(=O)(OC[C@@H]1COc2ccccc2O1)c1ccccc1. The molecular formula is C15H14O5S. The summed E-state index contributed by atoms with van der Waals surface area (Å²) in [6, 6.07) is 15.3. The van der Waals surface area contributed by atoms with Gasteiger partial charge in [-0.05, 0) is 24.3 Å². The van der Waals surface area contributed by atoms with E-state index in [2.05, 4.69) is 0 Å². The second-order valence-electron chi connectivity index (χ2n) is 4.55. The molecule has 1 aliphatic heterocycles. The van der Waals surface area contributed by atoms with Gasteiger partial charge in [-0.25, -0.2) is 0 Å². The summed E-state index contributed by atoms with van der Waals surface area (Å²) < 4.78 is 40.2. The van der Waals surface area contributed by atoms with Crippen LogP contribution in [0.2, 0.25) is 0 Å². The third-order valence-corrected chi connectivity index (χ3v) is 4.30. The van der Waals surface area contributed by atoms with E-state index in [0.717, 1.165) is 0 Å². The lowest BCUT2D eigenvalue weighted by Crippen LogP contribution is -2.34. The first kappa shape index (κ1) is 13.9. The molecule has 0 aliphatic carbocycles. The van der Waals surface area contributed by atoms with Gasteiger partial charge in [0.1, 0.15) is 13.2 Å². The number of rotatable bonds is 4. The number of ether oxygens (including phenoxy) is 2. The second-order valence-corrected chi connectivity index (χ2v) is 6.16. The Kier molecular flexibility index (Phi) is 3.81. The molecule has 0 fully saturated rings. The van der Waals surface area contributed by atoms with Crippen molar-refractivity contribution in [3.8, 4) is 11.5 Å². The summed E-state index contributed by atoms with van der Waals surface area (Å²) in [6.07, 6.45) is -0.460. The average Bonchev–Trinajstić information content (AvgIpc) is 2.54. The molecule has 0 spiro atoms. The van der Waals surface area contributed by atoms with Gasteiger partial charge >= 0.3 is 0 Å². The largest absolute Gasteiger partial charge is 0.486 e. The van der Waals surface area contributed by atoms with Gasteiger partial charge in [-0.3, -0.25) is 4.18 Å². The molecule has 0 bridgehead atoms. The Labute approximate surface area is 123 Å². The monoisotopic (exact) mass is 306 g/mol. The van der Waals surface area contributed by atoms with Crippen molar-refractivity contribution < 1.29 is 22.1 Å². The predicted molar refractivity (Wildman–Crippen MR) is 75.9 cm³/mol. The van der Waals surface area contributed by atoms with Crippen LogP contribution in [0.5, 0.6) is 11.5 Å². The number of hydrogen-bond donors (Lipinski definition) is 0. The first-order valence-electron chi connectivity index (χ1n) is 6.48. The maximum absolute atomic E-state index is 12.0. The minimum Gasteiger partial charge on any atom is -0.486 e. The van der Waals surface area contributed by atoms with Gasteiger partial charge in [0.05, 0.1) is 4.90 Å². The Morgan fingerprint density at radius 1 is 1.00 bits per heavy atom. The highest BCUT2D eigenvalue weighted by Gasteiger charge is 2.24. The lowest BCUT2D eigenvalue weighted by Gasteiger charge is -2.25. The first-order valence-corrected chi connectivity index (χ1v) is 7.89. The van der Waals surface area contributed by atoms with E-state index in [9.17, 15) is 8.42 Å². The topological polar surface area (TPSA) is 61.8 Å². The molecule has 1 aliphatic rings. The van der Waals surface area contributed by atoms with Crippen LogP contribution in [0.4, 0.5) is 0 Å². The summed E-state index contributed by atoms with van der Waals surface area (Å²) in [5.41, 5.74) is 0. The summed E-state index contributed by atoms with van der Waals surface area (Å²) in [5, 5.41) is 0. The van der Waals surface area contributed by atoms with Crippen LogP contribution in [0.1, 0.15) is 0 Å². The van der Waals surface area contributed by atoms with E-state index in [1.54, 1.807) is 30.3 Å². The van der Waals surface area contributed by atoms with Crippen LogP contribution in [-0.4, -0.2) is 27.7 Å². The minimum absolute atomic E-state index is 0.0917. The zero-order valence-electron chi connectivity index (χ0n) is 11.1. The molecule has 0 radical (unpaired) electrons. The quantitative estimate of drug-likeness (QED) is 0.811. The lowest BCUT2D eigenvalue weighted by molar-refractivity contribution is 0.0555. The van der Waals surface area contributed by atoms with E-state index >= 15 is 0 Å². The van der Waals surface area contributed by atoms with Gasteiger partial charge in [0.15, 0.2) is 17.6 Å². The van der Waals surface area contributed by atoms with Gasteiger partial charge in [-0.2, -0.15) is 8.42 Å². The first-order chi connectivity index (χ1) is 10.1. The van der Waals surface area contributed by atoms with Crippen molar-refractivity contribution in [2.75, 3.05) is 13.2 Å². The molecule has 0 unspecified atom stereocenters. The molecule has 3 rings (SSSR count). The van der Waals surface area contributed by atoms with E-state index in [1.165, 1.54) is 12.1 Å². The summed E-state index contributed by atoms with van der Waals surface area (Å²) in [5.74, 6) is 1.24. The van der Waals surface area contributed by atoms with Crippen LogP contribution in [0.3, 0.4) is 0 Å². The Morgan fingerprint density at radius 2 is 1.67 bits per heavy atom. The number of hydrogen-bond acceptors (Lipinski definition) is 5. The minimum atomic E-state index is -3.77. The van der Waals surface area contributed by atoms with Crippen LogP contribution in [0, 0.1) is 0 Å². The lowest BCUT2D eigenvalue weighted by atomic mass is 10.3. The summed E-state index contributed by atoms with van der Waals surface area (Å²) in [6.45, 7) is 0.160. The van der Waals surface area contributed by atoms with E-state index < -0.39 is 16.2 Å². The molecule has 0 saturated heterocycles. The zero-order chi connectivity index (χ0) is 14.7. The molecular weight excluding hydrogens is 292 g/mol. The van der Waals surface area contributed by atoms with Crippen molar-refractivity contribution in [2.24, 2.45) is 0 Å². The van der Waals surface area contributed by atoms with Gasteiger partial charge in [0.25, 0.3) is 10.1 Å². The van der Waals surface area contributed by atoms with E-state index in [0.29, 0.717) is 11.5 Å². The molecule has 21 heavy (non-hydrogen) atoms. The third kappa shape index (κ3) is 3.17. The molecule has 5 nitrogen and oxygen atoms in total. The zero-order valence-corrected chi connectivity index (χ0v) is 12.0. The van der Waals surface area contributed by atoms with Crippen molar-refractivity contribution in [3.63, 3.8) is 0 Å². The third-order valence-electron chi connectivity index (χ3n) is 3.01. The van der Waals surface area contributed by atoms with Gasteiger partial charge < -0.3 is 9.47 Å².